The number of carbonyl (C=O) groups is 1. The van der Waals surface area contributed by atoms with E-state index in [4.69, 9.17) is 0 Å². The topological polar surface area (TPSA) is 77.6 Å². The molecule has 0 bridgehead atoms. The predicted octanol–water partition coefficient (Wildman–Crippen LogP) is 3.80. The van der Waals surface area contributed by atoms with Crippen molar-refractivity contribution in [1.82, 2.24) is 24.3 Å². The van der Waals surface area contributed by atoms with Crippen LogP contribution in [0.5, 0.6) is 0 Å². The van der Waals surface area contributed by atoms with Crippen LogP contribution < -0.4 is 5.32 Å². The van der Waals surface area contributed by atoms with Crippen LogP contribution in [-0.4, -0.2) is 30.2 Å². The van der Waals surface area contributed by atoms with Gasteiger partial charge in [0.2, 0.25) is 0 Å². The quantitative estimate of drug-likeness (QED) is 0.586. The van der Waals surface area contributed by atoms with Crippen molar-refractivity contribution in [2.75, 3.05) is 5.32 Å². The number of nitrogens with one attached hydrogen (secondary N) is 1. The van der Waals surface area contributed by atoms with Crippen molar-refractivity contribution in [2.45, 2.75) is 19.9 Å². The van der Waals surface area contributed by atoms with Crippen LogP contribution in [0.25, 0.3) is 22.4 Å². The number of rotatable bonds is 4. The van der Waals surface area contributed by atoms with Crippen LogP contribution in [0.3, 0.4) is 0 Å². The zero-order valence-electron chi connectivity index (χ0n) is 15.7. The van der Waals surface area contributed by atoms with Crippen LogP contribution in [0.2, 0.25) is 0 Å². The van der Waals surface area contributed by atoms with Crippen LogP contribution in [0.4, 0.5) is 10.2 Å². The lowest BCUT2D eigenvalue weighted by Crippen LogP contribution is -2.15. The third-order valence-electron chi connectivity index (χ3n) is 4.57. The lowest BCUT2D eigenvalue weighted by atomic mass is 10.1. The van der Waals surface area contributed by atoms with Gasteiger partial charge in [-0.3, -0.25) is 4.79 Å². The number of anilines is 1. The van der Waals surface area contributed by atoms with E-state index in [2.05, 4.69) is 20.5 Å². The fourth-order valence-corrected chi connectivity index (χ4v) is 3.08. The van der Waals surface area contributed by atoms with Crippen molar-refractivity contribution >= 4 is 22.6 Å². The van der Waals surface area contributed by atoms with Gasteiger partial charge >= 0.3 is 0 Å². The lowest BCUT2D eigenvalue weighted by Gasteiger charge is -2.11. The number of carbonyl (C=O) groups excluding carboxylic acids is 1. The molecule has 1 aromatic carbocycles. The molecular formula is C20H19FN6O. The van der Waals surface area contributed by atoms with Gasteiger partial charge in [-0.25, -0.2) is 9.37 Å². The molecule has 0 spiro atoms. The summed E-state index contributed by atoms with van der Waals surface area (Å²) in [6.07, 6.45) is 3.46. The predicted molar refractivity (Wildman–Crippen MR) is 104 cm³/mol. The van der Waals surface area contributed by atoms with Crippen molar-refractivity contribution in [3.63, 3.8) is 0 Å². The Morgan fingerprint density at radius 1 is 1.21 bits per heavy atom. The highest BCUT2D eigenvalue weighted by molar-refractivity contribution is 6.06. The molecule has 8 heteroatoms. The summed E-state index contributed by atoms with van der Waals surface area (Å²) in [7, 11) is 1.85. The molecule has 7 nitrogen and oxygen atoms in total. The number of fused-ring (bicyclic) bond motifs is 1. The molecule has 0 saturated heterocycles. The molecule has 0 aliphatic carbocycles. The summed E-state index contributed by atoms with van der Waals surface area (Å²) in [6, 6.07) is 10.1. The second kappa shape index (κ2) is 6.88. The summed E-state index contributed by atoms with van der Waals surface area (Å²) in [5, 5.41) is 11.5. The van der Waals surface area contributed by atoms with E-state index in [9.17, 15) is 9.18 Å². The van der Waals surface area contributed by atoms with E-state index < -0.39 is 11.7 Å². The highest BCUT2D eigenvalue weighted by atomic mass is 19.1. The van der Waals surface area contributed by atoms with Crippen LogP contribution in [0, 0.1) is 5.82 Å². The number of halogens is 1. The number of benzene rings is 1. The molecule has 1 amide bonds. The normalized spacial score (nSPS) is 11.3. The Balaban J connectivity index is 1.65. The first-order chi connectivity index (χ1) is 13.4. The highest BCUT2D eigenvalue weighted by Gasteiger charge is 2.16. The molecule has 0 saturated carbocycles. The van der Waals surface area contributed by atoms with E-state index in [0.717, 1.165) is 10.9 Å². The zero-order valence-corrected chi connectivity index (χ0v) is 15.7. The first kappa shape index (κ1) is 17.8. The Bertz CT molecular complexity index is 1180. The van der Waals surface area contributed by atoms with Crippen LogP contribution >= 0.6 is 0 Å². The van der Waals surface area contributed by atoms with E-state index in [1.165, 1.54) is 6.07 Å². The Labute approximate surface area is 160 Å². The van der Waals surface area contributed by atoms with Gasteiger partial charge in [0.05, 0.1) is 5.56 Å². The van der Waals surface area contributed by atoms with Crippen LogP contribution in [-0.2, 0) is 7.05 Å². The zero-order chi connectivity index (χ0) is 19.8. The van der Waals surface area contributed by atoms with Crippen molar-refractivity contribution in [1.29, 1.82) is 0 Å². The lowest BCUT2D eigenvalue weighted by molar-refractivity contribution is 0.102. The maximum Gasteiger partial charge on any atom is 0.259 e. The fourth-order valence-electron chi connectivity index (χ4n) is 3.08. The summed E-state index contributed by atoms with van der Waals surface area (Å²) in [5.74, 6) is -0.225. The smallest absolute Gasteiger partial charge is 0.259 e. The minimum Gasteiger partial charge on any atom is -0.351 e. The largest absolute Gasteiger partial charge is 0.351 e. The maximum absolute atomic E-state index is 14.4. The number of aryl methyl sites for hydroxylation is 1. The number of aromatic nitrogens is 5. The average Bonchev–Trinajstić information content (AvgIpc) is 3.28. The molecule has 3 aromatic heterocycles. The average molecular weight is 378 g/mol. The molecule has 4 aromatic rings. The fraction of sp³-hybridized carbons (Fsp3) is 0.200. The first-order valence-corrected chi connectivity index (χ1v) is 8.87. The monoisotopic (exact) mass is 378 g/mol. The van der Waals surface area contributed by atoms with Gasteiger partial charge in [0.1, 0.15) is 23.7 Å². The van der Waals surface area contributed by atoms with E-state index >= 15 is 0 Å². The van der Waals surface area contributed by atoms with Gasteiger partial charge in [0, 0.05) is 30.2 Å². The Hall–Kier alpha value is -3.55. The number of hydrogen-bond donors (Lipinski definition) is 1. The molecule has 142 valence electrons. The van der Waals surface area contributed by atoms with Crippen molar-refractivity contribution in [2.24, 2.45) is 7.05 Å². The van der Waals surface area contributed by atoms with Crippen molar-refractivity contribution in [3.8, 4) is 11.5 Å². The van der Waals surface area contributed by atoms with E-state index in [-0.39, 0.29) is 11.6 Å². The number of nitrogens with zero attached hydrogens (tertiary/aromatic N) is 5. The first-order valence-electron chi connectivity index (χ1n) is 8.87. The Morgan fingerprint density at radius 2 is 2.04 bits per heavy atom. The van der Waals surface area contributed by atoms with E-state index in [1.807, 2.05) is 36.2 Å². The van der Waals surface area contributed by atoms with Crippen LogP contribution in [0.1, 0.15) is 30.2 Å². The van der Waals surface area contributed by atoms with Gasteiger partial charge in [-0.1, -0.05) is 6.07 Å². The minimum atomic E-state index is -0.577. The summed E-state index contributed by atoms with van der Waals surface area (Å²) in [6.45, 7) is 4.03. The van der Waals surface area contributed by atoms with Gasteiger partial charge in [0.15, 0.2) is 5.82 Å². The molecule has 4 rings (SSSR count). The van der Waals surface area contributed by atoms with Crippen molar-refractivity contribution < 1.29 is 9.18 Å². The summed E-state index contributed by atoms with van der Waals surface area (Å²) >= 11 is 0. The molecule has 0 unspecified atom stereocenters. The Morgan fingerprint density at radius 3 is 2.82 bits per heavy atom. The molecule has 0 fully saturated rings. The second-order valence-corrected chi connectivity index (χ2v) is 6.84. The summed E-state index contributed by atoms with van der Waals surface area (Å²) < 4.78 is 18.1. The second-order valence-electron chi connectivity index (χ2n) is 6.84. The Kier molecular flexibility index (Phi) is 4.38. The molecule has 1 N–H and O–H groups in total. The highest BCUT2D eigenvalue weighted by Crippen LogP contribution is 2.22. The van der Waals surface area contributed by atoms with Gasteiger partial charge in [0.25, 0.3) is 5.91 Å². The number of pyridine rings is 1. The van der Waals surface area contributed by atoms with E-state index in [0.29, 0.717) is 17.3 Å². The SMILES string of the molecule is CC(C)n1cnnc1-c1cccc(NC(=O)c2cc3c(ccn3C)cc2F)n1. The molecule has 0 aliphatic rings. The number of amides is 1. The summed E-state index contributed by atoms with van der Waals surface area (Å²) in [5.41, 5.74) is 1.31. The van der Waals surface area contributed by atoms with Crippen molar-refractivity contribution in [3.05, 3.63) is 60.3 Å². The van der Waals surface area contributed by atoms with Gasteiger partial charge in [-0.15, -0.1) is 10.2 Å². The molecule has 0 radical (unpaired) electrons. The van der Waals surface area contributed by atoms with Gasteiger partial charge < -0.3 is 14.5 Å². The standard InChI is InChI=1S/C20H19FN6O/c1-12(2)27-11-22-25-19(27)16-5-4-6-18(23-16)24-20(28)14-10-17-13(9-15(14)21)7-8-26(17)3/h4-12H,1-3H3,(H,23,24,28). The minimum absolute atomic E-state index is 0.0353. The number of hydrogen-bond acceptors (Lipinski definition) is 4. The summed E-state index contributed by atoms with van der Waals surface area (Å²) in [4.78, 5) is 17.1. The third kappa shape index (κ3) is 3.13. The maximum atomic E-state index is 14.4. The molecular weight excluding hydrogens is 359 g/mol. The molecule has 0 aliphatic heterocycles. The molecule has 0 atom stereocenters. The van der Waals surface area contributed by atoms with Gasteiger partial charge in [-0.2, -0.15) is 0 Å². The van der Waals surface area contributed by atoms with E-state index in [1.54, 1.807) is 36.7 Å². The van der Waals surface area contributed by atoms with Gasteiger partial charge in [-0.05, 0) is 44.2 Å². The molecule has 3 heterocycles. The van der Waals surface area contributed by atoms with Crippen LogP contribution in [0.15, 0.2) is 48.9 Å². The molecule has 28 heavy (non-hydrogen) atoms. The third-order valence-corrected chi connectivity index (χ3v) is 4.57.